The normalized spacial score (nSPS) is 18.2. The number of alkyl halides is 2. The molecule has 1 saturated heterocycles. The number of fused-ring (bicyclic) bond motifs is 1. The molecule has 1 aliphatic rings. The average Bonchev–Trinajstić information content (AvgIpc) is 3.28. The minimum absolute atomic E-state index is 0.169. The Morgan fingerprint density at radius 2 is 1.96 bits per heavy atom. The Kier molecular flexibility index (Phi) is 4.20. The molecule has 0 saturated carbocycles. The third-order valence-electron chi connectivity index (χ3n) is 5.09. The maximum Gasteiger partial charge on any atom is 0.320 e. The van der Waals surface area contributed by atoms with Crippen LogP contribution in [-0.4, -0.2) is 42.7 Å². The fourth-order valence-electron chi connectivity index (χ4n) is 3.70. The number of aromatic amines is 1. The number of H-pyrrole nitrogens is 1. The van der Waals surface area contributed by atoms with Gasteiger partial charge in [-0.05, 0) is 45.0 Å². The Morgan fingerprint density at radius 3 is 2.64 bits per heavy atom. The van der Waals surface area contributed by atoms with E-state index in [9.17, 15) is 8.78 Å². The van der Waals surface area contributed by atoms with Crippen molar-refractivity contribution in [2.75, 3.05) is 13.1 Å². The Morgan fingerprint density at radius 1 is 1.20 bits per heavy atom. The number of piperidine rings is 1. The van der Waals surface area contributed by atoms with E-state index in [2.05, 4.69) is 25.1 Å². The van der Waals surface area contributed by atoms with Crippen molar-refractivity contribution in [1.29, 1.82) is 0 Å². The van der Waals surface area contributed by atoms with Crippen LogP contribution in [0.5, 0.6) is 0 Å². The van der Waals surface area contributed by atoms with Crippen LogP contribution in [0.4, 0.5) is 8.78 Å². The van der Waals surface area contributed by atoms with Crippen molar-refractivity contribution in [3.05, 3.63) is 42.2 Å². The van der Waals surface area contributed by atoms with Gasteiger partial charge in [0.25, 0.3) is 0 Å². The zero-order valence-electron chi connectivity index (χ0n) is 13.9. The van der Waals surface area contributed by atoms with E-state index in [0.29, 0.717) is 22.8 Å². The molecule has 0 bridgehead atoms. The summed E-state index contributed by atoms with van der Waals surface area (Å²) in [5, 5.41) is 6.84. The molecule has 1 N–H and O–H groups in total. The molecule has 132 valence electrons. The van der Waals surface area contributed by atoms with Crippen molar-refractivity contribution in [3.63, 3.8) is 0 Å². The van der Waals surface area contributed by atoms with Crippen molar-refractivity contribution in [1.82, 2.24) is 29.6 Å². The summed E-state index contributed by atoms with van der Waals surface area (Å²) in [6, 6.07) is 6.89. The summed E-state index contributed by atoms with van der Waals surface area (Å²) < 4.78 is 28.4. The van der Waals surface area contributed by atoms with Gasteiger partial charge < -0.3 is 0 Å². The maximum atomic E-state index is 13.7. The SMILES string of the molecule is CC(c1nc2ccccc2n1C(F)F)N1CCC(c2ncn[nH]2)CC1. The van der Waals surface area contributed by atoms with Gasteiger partial charge in [-0.3, -0.25) is 14.6 Å². The van der Waals surface area contributed by atoms with Gasteiger partial charge in [-0.15, -0.1) is 0 Å². The van der Waals surface area contributed by atoms with Crippen LogP contribution in [0.3, 0.4) is 0 Å². The zero-order valence-corrected chi connectivity index (χ0v) is 13.9. The molecule has 6 nitrogen and oxygen atoms in total. The van der Waals surface area contributed by atoms with Gasteiger partial charge in [0.1, 0.15) is 18.0 Å². The average molecular weight is 346 g/mol. The summed E-state index contributed by atoms with van der Waals surface area (Å²) in [5.41, 5.74) is 1.09. The molecule has 0 aliphatic carbocycles. The number of nitrogens with one attached hydrogen (secondary N) is 1. The first kappa shape index (κ1) is 16.1. The number of rotatable bonds is 4. The second-order valence-corrected chi connectivity index (χ2v) is 6.46. The molecule has 1 unspecified atom stereocenters. The maximum absolute atomic E-state index is 13.7. The molecule has 1 aliphatic heterocycles. The number of hydrogen-bond acceptors (Lipinski definition) is 4. The van der Waals surface area contributed by atoms with Crippen LogP contribution >= 0.6 is 0 Å². The number of aromatic nitrogens is 5. The predicted molar refractivity (Wildman–Crippen MR) is 89.3 cm³/mol. The predicted octanol–water partition coefficient (Wildman–Crippen LogP) is 3.49. The molecule has 0 spiro atoms. The van der Waals surface area contributed by atoms with E-state index in [0.717, 1.165) is 36.3 Å². The van der Waals surface area contributed by atoms with Crippen LogP contribution in [0.25, 0.3) is 11.0 Å². The lowest BCUT2D eigenvalue weighted by atomic mass is 9.95. The van der Waals surface area contributed by atoms with E-state index >= 15 is 0 Å². The Hall–Kier alpha value is -2.35. The second kappa shape index (κ2) is 6.51. The summed E-state index contributed by atoms with van der Waals surface area (Å²) in [6.45, 7) is 0.990. The first-order valence-electron chi connectivity index (χ1n) is 8.49. The van der Waals surface area contributed by atoms with Crippen LogP contribution < -0.4 is 0 Å². The molecule has 1 fully saturated rings. The molecule has 8 heteroatoms. The fourth-order valence-corrected chi connectivity index (χ4v) is 3.70. The van der Waals surface area contributed by atoms with Gasteiger partial charge in [-0.1, -0.05) is 12.1 Å². The third kappa shape index (κ3) is 2.90. The van der Waals surface area contributed by atoms with E-state index in [1.54, 1.807) is 18.2 Å². The van der Waals surface area contributed by atoms with Gasteiger partial charge in [0, 0.05) is 5.92 Å². The number of benzene rings is 1. The molecule has 4 rings (SSSR count). The number of imidazole rings is 1. The molecule has 0 radical (unpaired) electrons. The first-order valence-corrected chi connectivity index (χ1v) is 8.49. The van der Waals surface area contributed by atoms with Crippen LogP contribution in [0.2, 0.25) is 0 Å². The van der Waals surface area contributed by atoms with Crippen molar-refractivity contribution >= 4 is 11.0 Å². The van der Waals surface area contributed by atoms with Crippen LogP contribution in [0.15, 0.2) is 30.6 Å². The summed E-state index contributed by atoms with van der Waals surface area (Å²) in [4.78, 5) is 10.9. The van der Waals surface area contributed by atoms with E-state index in [-0.39, 0.29) is 6.04 Å². The highest BCUT2D eigenvalue weighted by Crippen LogP contribution is 2.33. The van der Waals surface area contributed by atoms with Crippen molar-refractivity contribution in [2.24, 2.45) is 0 Å². The van der Waals surface area contributed by atoms with Crippen LogP contribution in [-0.2, 0) is 0 Å². The van der Waals surface area contributed by atoms with Crippen molar-refractivity contribution in [3.8, 4) is 0 Å². The summed E-state index contributed by atoms with van der Waals surface area (Å²) in [7, 11) is 0. The van der Waals surface area contributed by atoms with Gasteiger partial charge in [-0.25, -0.2) is 9.97 Å². The lowest BCUT2D eigenvalue weighted by Crippen LogP contribution is -2.36. The molecule has 3 aromatic rings. The summed E-state index contributed by atoms with van der Waals surface area (Å²) >= 11 is 0. The Balaban J connectivity index is 1.56. The van der Waals surface area contributed by atoms with Gasteiger partial charge in [0.05, 0.1) is 17.1 Å². The second-order valence-electron chi connectivity index (χ2n) is 6.46. The highest BCUT2D eigenvalue weighted by molar-refractivity contribution is 5.76. The van der Waals surface area contributed by atoms with Crippen molar-refractivity contribution < 1.29 is 8.78 Å². The molecule has 1 aromatic carbocycles. The highest BCUT2D eigenvalue weighted by Gasteiger charge is 2.30. The molecule has 3 heterocycles. The van der Waals surface area contributed by atoms with Crippen molar-refractivity contribution in [2.45, 2.75) is 38.3 Å². The minimum atomic E-state index is -2.60. The van der Waals surface area contributed by atoms with E-state index in [1.807, 2.05) is 13.0 Å². The Bertz CT molecular complexity index is 836. The number of halogens is 2. The van der Waals surface area contributed by atoms with Crippen LogP contribution in [0, 0.1) is 0 Å². The molecule has 1 atom stereocenters. The largest absolute Gasteiger partial charge is 0.320 e. The standard InChI is InChI=1S/C17H20F2N6/c1-11(24-8-6-12(7-9-24)15-20-10-21-23-15)16-22-13-4-2-3-5-14(13)25(16)17(18)19/h2-5,10-12,17H,6-9H2,1H3,(H,20,21,23). The van der Waals surface area contributed by atoms with Gasteiger partial charge in [0.2, 0.25) is 0 Å². The number of para-hydroxylation sites is 2. The lowest BCUT2D eigenvalue weighted by molar-refractivity contribution is 0.0622. The topological polar surface area (TPSA) is 62.6 Å². The summed E-state index contributed by atoms with van der Waals surface area (Å²) in [5.74, 6) is 1.68. The van der Waals surface area contributed by atoms with E-state index in [1.165, 1.54) is 6.33 Å². The zero-order chi connectivity index (χ0) is 17.4. The van der Waals surface area contributed by atoms with E-state index in [4.69, 9.17) is 0 Å². The monoisotopic (exact) mass is 346 g/mol. The first-order chi connectivity index (χ1) is 12.1. The smallest absolute Gasteiger partial charge is 0.294 e. The van der Waals surface area contributed by atoms with Gasteiger partial charge >= 0.3 is 6.55 Å². The number of hydrogen-bond donors (Lipinski definition) is 1. The molecule has 0 amide bonds. The van der Waals surface area contributed by atoms with Crippen LogP contribution in [0.1, 0.15) is 49.9 Å². The number of likely N-dealkylation sites (tertiary alicyclic amines) is 1. The molecule has 2 aromatic heterocycles. The molecular formula is C17H20F2N6. The highest BCUT2D eigenvalue weighted by atomic mass is 19.3. The Labute approximate surface area is 143 Å². The van der Waals surface area contributed by atoms with Gasteiger partial charge in [0.15, 0.2) is 0 Å². The van der Waals surface area contributed by atoms with E-state index < -0.39 is 6.55 Å². The third-order valence-corrected chi connectivity index (χ3v) is 5.09. The fraction of sp³-hybridized carbons (Fsp3) is 0.471. The molecular weight excluding hydrogens is 326 g/mol. The lowest BCUT2D eigenvalue weighted by Gasteiger charge is -2.35. The van der Waals surface area contributed by atoms with Gasteiger partial charge in [-0.2, -0.15) is 13.9 Å². The summed E-state index contributed by atoms with van der Waals surface area (Å²) in [6.07, 6.45) is 3.37. The minimum Gasteiger partial charge on any atom is -0.294 e. The molecule has 25 heavy (non-hydrogen) atoms. The quantitative estimate of drug-likeness (QED) is 0.785. The number of nitrogens with zero attached hydrogens (tertiary/aromatic N) is 5.